The topological polar surface area (TPSA) is 57.8 Å². The third kappa shape index (κ3) is 3.48. The van der Waals surface area contributed by atoms with Gasteiger partial charge in [0, 0.05) is 31.4 Å². The van der Waals surface area contributed by atoms with E-state index in [9.17, 15) is 4.79 Å². The van der Waals surface area contributed by atoms with Gasteiger partial charge in [-0.05, 0) is 29.2 Å². The van der Waals surface area contributed by atoms with E-state index in [-0.39, 0.29) is 5.91 Å². The lowest BCUT2D eigenvalue weighted by atomic mass is 9.95. The van der Waals surface area contributed by atoms with Crippen molar-refractivity contribution in [1.82, 2.24) is 15.3 Å². The molecule has 2 N–H and O–H groups in total. The van der Waals surface area contributed by atoms with Crippen LogP contribution in [0.25, 0.3) is 11.1 Å². The number of hydrogen-bond donors (Lipinski definition) is 2. The summed E-state index contributed by atoms with van der Waals surface area (Å²) in [6.07, 6.45) is 5.32. The van der Waals surface area contributed by atoms with Crippen molar-refractivity contribution in [2.24, 2.45) is 0 Å². The zero-order chi connectivity index (χ0) is 16.1. The summed E-state index contributed by atoms with van der Waals surface area (Å²) in [4.78, 5) is 19.5. The summed E-state index contributed by atoms with van der Waals surface area (Å²) in [5, 5.41) is 2.71. The Morgan fingerprint density at radius 2 is 1.96 bits per heavy atom. The number of benzene rings is 2. The molecule has 0 atom stereocenters. The zero-order valence-corrected chi connectivity index (χ0v) is 13.0. The first-order valence-corrected chi connectivity index (χ1v) is 7.66. The maximum atomic E-state index is 12.1. The van der Waals surface area contributed by atoms with Crippen molar-refractivity contribution >= 4 is 5.91 Å². The molecule has 1 aromatic heterocycles. The number of amides is 1. The molecule has 4 heteroatoms. The predicted octanol–water partition coefficient (Wildman–Crippen LogP) is 3.22. The van der Waals surface area contributed by atoms with Crippen molar-refractivity contribution in [3.63, 3.8) is 0 Å². The minimum absolute atomic E-state index is 0.0681. The zero-order valence-electron chi connectivity index (χ0n) is 13.0. The van der Waals surface area contributed by atoms with Crippen LogP contribution in [0.4, 0.5) is 0 Å². The molecule has 3 aromatic rings. The second-order valence-electron chi connectivity index (χ2n) is 5.36. The summed E-state index contributed by atoms with van der Waals surface area (Å²) in [6, 6.07) is 16.0. The van der Waals surface area contributed by atoms with Crippen LogP contribution in [0.15, 0.2) is 60.9 Å². The third-order valence-corrected chi connectivity index (χ3v) is 3.85. The van der Waals surface area contributed by atoms with E-state index in [1.807, 2.05) is 48.7 Å². The average Bonchev–Trinajstić information content (AvgIpc) is 3.13. The van der Waals surface area contributed by atoms with Crippen molar-refractivity contribution in [2.45, 2.75) is 12.8 Å². The Morgan fingerprint density at radius 3 is 2.65 bits per heavy atom. The Morgan fingerprint density at radius 1 is 1.13 bits per heavy atom. The molecule has 0 saturated heterocycles. The number of imidazole rings is 1. The second kappa shape index (κ2) is 6.92. The van der Waals surface area contributed by atoms with Gasteiger partial charge in [-0.25, -0.2) is 4.98 Å². The molecule has 0 bridgehead atoms. The van der Waals surface area contributed by atoms with Gasteiger partial charge in [0.25, 0.3) is 5.91 Å². The SMILES string of the molecule is CNC(=O)c1ccc(CCc2ncc[nH]2)cc1-c1ccccc1. The molecule has 3 rings (SSSR count). The summed E-state index contributed by atoms with van der Waals surface area (Å²) in [5.41, 5.74) is 3.89. The van der Waals surface area contributed by atoms with Gasteiger partial charge in [0.05, 0.1) is 0 Å². The Labute approximate surface area is 135 Å². The molecule has 0 saturated carbocycles. The van der Waals surface area contributed by atoms with Gasteiger partial charge in [-0.2, -0.15) is 0 Å². The molecule has 116 valence electrons. The molecule has 0 spiro atoms. The van der Waals surface area contributed by atoms with Crippen LogP contribution >= 0.6 is 0 Å². The highest BCUT2D eigenvalue weighted by Gasteiger charge is 2.12. The van der Waals surface area contributed by atoms with E-state index >= 15 is 0 Å². The van der Waals surface area contributed by atoms with E-state index < -0.39 is 0 Å². The van der Waals surface area contributed by atoms with Crippen LogP contribution in [0.1, 0.15) is 21.7 Å². The Balaban J connectivity index is 1.93. The average molecular weight is 305 g/mol. The number of aromatic nitrogens is 2. The number of aromatic amines is 1. The molecular weight excluding hydrogens is 286 g/mol. The molecule has 0 aliphatic rings. The quantitative estimate of drug-likeness (QED) is 0.760. The highest BCUT2D eigenvalue weighted by molar-refractivity contribution is 6.00. The second-order valence-corrected chi connectivity index (χ2v) is 5.36. The number of rotatable bonds is 5. The van der Waals surface area contributed by atoms with Crippen LogP contribution in [0.3, 0.4) is 0 Å². The summed E-state index contributed by atoms with van der Waals surface area (Å²) in [6.45, 7) is 0. The van der Waals surface area contributed by atoms with Crippen LogP contribution in [0.2, 0.25) is 0 Å². The van der Waals surface area contributed by atoms with E-state index in [0.29, 0.717) is 5.56 Å². The number of aryl methyl sites for hydroxylation is 2. The van der Waals surface area contributed by atoms with Crippen molar-refractivity contribution in [1.29, 1.82) is 0 Å². The van der Waals surface area contributed by atoms with E-state index in [4.69, 9.17) is 0 Å². The molecule has 1 amide bonds. The van der Waals surface area contributed by atoms with Gasteiger partial charge >= 0.3 is 0 Å². The first-order valence-electron chi connectivity index (χ1n) is 7.66. The van der Waals surface area contributed by atoms with Crippen molar-refractivity contribution < 1.29 is 4.79 Å². The summed E-state index contributed by atoms with van der Waals surface area (Å²) in [5.74, 6) is 0.906. The number of H-pyrrole nitrogens is 1. The maximum Gasteiger partial charge on any atom is 0.251 e. The van der Waals surface area contributed by atoms with Crippen LogP contribution in [-0.2, 0) is 12.8 Å². The largest absolute Gasteiger partial charge is 0.355 e. The molecule has 2 aromatic carbocycles. The van der Waals surface area contributed by atoms with Crippen molar-refractivity contribution in [3.8, 4) is 11.1 Å². The molecule has 0 aliphatic heterocycles. The minimum atomic E-state index is -0.0681. The molecule has 0 aliphatic carbocycles. The number of nitrogens with one attached hydrogen (secondary N) is 2. The lowest BCUT2D eigenvalue weighted by Gasteiger charge is -2.11. The maximum absolute atomic E-state index is 12.1. The third-order valence-electron chi connectivity index (χ3n) is 3.85. The van der Waals surface area contributed by atoms with Crippen molar-refractivity contribution in [3.05, 3.63) is 77.9 Å². The first kappa shape index (κ1) is 15.0. The summed E-state index contributed by atoms with van der Waals surface area (Å²) in [7, 11) is 1.65. The Kier molecular flexibility index (Phi) is 4.52. The highest BCUT2D eigenvalue weighted by Crippen LogP contribution is 2.25. The monoisotopic (exact) mass is 305 g/mol. The first-order chi connectivity index (χ1) is 11.3. The predicted molar refractivity (Wildman–Crippen MR) is 91.3 cm³/mol. The fourth-order valence-electron chi connectivity index (χ4n) is 2.63. The van der Waals surface area contributed by atoms with Gasteiger partial charge in [-0.15, -0.1) is 0 Å². The number of carbonyl (C=O) groups excluding carboxylic acids is 1. The van der Waals surface area contributed by atoms with Gasteiger partial charge in [0.2, 0.25) is 0 Å². The summed E-state index contributed by atoms with van der Waals surface area (Å²) < 4.78 is 0. The Hall–Kier alpha value is -2.88. The molecular formula is C19H19N3O. The molecule has 0 radical (unpaired) electrons. The van der Waals surface area contributed by atoms with E-state index in [1.165, 1.54) is 5.56 Å². The van der Waals surface area contributed by atoms with Gasteiger partial charge in [0.1, 0.15) is 5.82 Å². The van der Waals surface area contributed by atoms with E-state index in [2.05, 4.69) is 21.4 Å². The highest BCUT2D eigenvalue weighted by atomic mass is 16.1. The standard InChI is InChI=1S/C19H19N3O/c1-20-19(23)16-9-7-14(8-10-18-21-11-12-22-18)13-17(16)15-5-3-2-4-6-15/h2-7,9,11-13H,8,10H2,1H3,(H,20,23)(H,21,22). The lowest BCUT2D eigenvalue weighted by molar-refractivity contribution is 0.0963. The molecule has 0 unspecified atom stereocenters. The van der Waals surface area contributed by atoms with E-state index in [1.54, 1.807) is 13.2 Å². The van der Waals surface area contributed by atoms with Gasteiger partial charge in [0.15, 0.2) is 0 Å². The van der Waals surface area contributed by atoms with Crippen LogP contribution in [0.5, 0.6) is 0 Å². The molecule has 1 heterocycles. The smallest absolute Gasteiger partial charge is 0.251 e. The summed E-state index contributed by atoms with van der Waals surface area (Å²) >= 11 is 0. The number of carbonyl (C=O) groups is 1. The van der Waals surface area contributed by atoms with E-state index in [0.717, 1.165) is 29.8 Å². The van der Waals surface area contributed by atoms with Crippen LogP contribution in [-0.4, -0.2) is 22.9 Å². The fraction of sp³-hybridized carbons (Fsp3) is 0.158. The fourth-order valence-corrected chi connectivity index (χ4v) is 2.63. The van der Waals surface area contributed by atoms with Gasteiger partial charge in [-0.1, -0.05) is 42.5 Å². The normalized spacial score (nSPS) is 10.5. The number of hydrogen-bond acceptors (Lipinski definition) is 2. The lowest BCUT2D eigenvalue weighted by Crippen LogP contribution is -2.18. The van der Waals surface area contributed by atoms with Crippen molar-refractivity contribution in [2.75, 3.05) is 7.05 Å². The molecule has 4 nitrogen and oxygen atoms in total. The molecule has 23 heavy (non-hydrogen) atoms. The Bertz CT molecular complexity index is 780. The minimum Gasteiger partial charge on any atom is -0.355 e. The van der Waals surface area contributed by atoms with Crippen LogP contribution < -0.4 is 5.32 Å². The van der Waals surface area contributed by atoms with Gasteiger partial charge < -0.3 is 10.3 Å². The van der Waals surface area contributed by atoms with Gasteiger partial charge in [-0.3, -0.25) is 4.79 Å². The molecule has 0 fully saturated rings. The number of nitrogens with zero attached hydrogens (tertiary/aromatic N) is 1. The van der Waals surface area contributed by atoms with Crippen LogP contribution in [0, 0.1) is 0 Å².